The molecule has 1 atom stereocenters. The second-order valence-corrected chi connectivity index (χ2v) is 3.81. The lowest BCUT2D eigenvalue weighted by atomic mass is 10.1. The van der Waals surface area contributed by atoms with Crippen molar-refractivity contribution in [2.24, 2.45) is 5.92 Å². The summed E-state index contributed by atoms with van der Waals surface area (Å²) in [5.41, 5.74) is 0.587. The molecule has 0 N–H and O–H groups in total. The molecular weight excluding hydrogens is 223 g/mol. The van der Waals surface area contributed by atoms with Crippen LogP contribution in [0.3, 0.4) is 0 Å². The maximum absolute atomic E-state index is 13.4. The van der Waals surface area contributed by atoms with Crippen LogP contribution in [-0.4, -0.2) is 18.4 Å². The monoisotopic (exact) mass is 234 g/mol. The molecule has 0 radical (unpaired) electrons. The number of carbonyl (C=O) groups is 2. The molecule has 88 valence electrons. The van der Waals surface area contributed by atoms with Crippen LogP contribution in [0, 0.1) is 11.7 Å². The first-order valence-electron chi connectivity index (χ1n) is 5.24. The molecule has 0 amide bonds. The fourth-order valence-corrected chi connectivity index (χ4v) is 1.93. The average molecular weight is 234 g/mol. The molecule has 1 aromatic carbocycles. The van der Waals surface area contributed by atoms with Gasteiger partial charge in [0.25, 0.3) is 0 Å². The predicted molar refractivity (Wildman–Crippen MR) is 59.1 cm³/mol. The molecule has 0 saturated carbocycles. The van der Waals surface area contributed by atoms with E-state index in [9.17, 15) is 14.0 Å². The summed E-state index contributed by atoms with van der Waals surface area (Å²) in [4.78, 5) is 23.4. The number of benzene rings is 1. The van der Waals surface area contributed by atoms with Crippen LogP contribution in [0.1, 0.15) is 15.9 Å². The summed E-state index contributed by atoms with van der Waals surface area (Å²) in [6, 6.07) is 4.39. The van der Waals surface area contributed by atoms with Gasteiger partial charge in [-0.2, -0.15) is 0 Å². The second kappa shape index (κ2) is 4.49. The van der Waals surface area contributed by atoms with E-state index in [4.69, 9.17) is 4.74 Å². The molecular formula is C13H11FO3. The highest BCUT2D eigenvalue weighted by Gasteiger charge is 2.38. The van der Waals surface area contributed by atoms with Gasteiger partial charge in [0.1, 0.15) is 18.3 Å². The lowest BCUT2D eigenvalue weighted by Crippen LogP contribution is -2.23. The van der Waals surface area contributed by atoms with Gasteiger partial charge in [0.05, 0.1) is 5.56 Å². The van der Waals surface area contributed by atoms with Crippen LogP contribution < -0.4 is 0 Å². The first-order chi connectivity index (χ1) is 8.15. The smallest absolute Gasteiger partial charge is 0.317 e. The van der Waals surface area contributed by atoms with E-state index in [1.54, 1.807) is 6.07 Å². The van der Waals surface area contributed by atoms with Crippen molar-refractivity contribution in [3.8, 4) is 0 Å². The molecule has 0 aliphatic heterocycles. The average Bonchev–Trinajstić information content (AvgIpc) is 2.65. The zero-order chi connectivity index (χ0) is 12.4. The SMILES string of the molecule is C=CCOC(=O)C1Cc2cccc(F)c2C1=O. The molecule has 3 nitrogen and oxygen atoms in total. The Morgan fingerprint density at radius 3 is 3.00 bits per heavy atom. The molecule has 1 aromatic rings. The molecule has 1 aliphatic rings. The lowest BCUT2D eigenvalue weighted by Gasteiger charge is -2.06. The van der Waals surface area contributed by atoms with E-state index in [0.29, 0.717) is 5.56 Å². The van der Waals surface area contributed by atoms with Crippen LogP contribution in [0.4, 0.5) is 4.39 Å². The van der Waals surface area contributed by atoms with Gasteiger partial charge in [0.15, 0.2) is 5.78 Å². The fourth-order valence-electron chi connectivity index (χ4n) is 1.93. The normalized spacial score (nSPS) is 17.7. The summed E-state index contributed by atoms with van der Waals surface area (Å²) in [5, 5.41) is 0. The third-order valence-corrected chi connectivity index (χ3v) is 2.71. The maximum atomic E-state index is 13.4. The molecule has 0 aromatic heterocycles. The van der Waals surface area contributed by atoms with Crippen LogP contribution in [0.25, 0.3) is 0 Å². The van der Waals surface area contributed by atoms with Crippen LogP contribution in [-0.2, 0) is 16.0 Å². The van der Waals surface area contributed by atoms with E-state index in [0.717, 1.165) is 0 Å². The third-order valence-electron chi connectivity index (χ3n) is 2.71. The predicted octanol–water partition coefficient (Wildman–Crippen LogP) is 1.91. The summed E-state index contributed by atoms with van der Waals surface area (Å²) >= 11 is 0. The minimum atomic E-state index is -0.915. The summed E-state index contributed by atoms with van der Waals surface area (Å²) < 4.78 is 18.3. The van der Waals surface area contributed by atoms with Crippen LogP contribution in [0.15, 0.2) is 30.9 Å². The first-order valence-corrected chi connectivity index (χ1v) is 5.24. The molecule has 0 saturated heterocycles. The van der Waals surface area contributed by atoms with Crippen molar-refractivity contribution in [2.75, 3.05) is 6.61 Å². The highest BCUT2D eigenvalue weighted by molar-refractivity contribution is 6.12. The number of Topliss-reactive ketones (excluding diaryl/α,β-unsaturated/α-hetero) is 1. The molecule has 4 heteroatoms. The summed E-state index contributed by atoms with van der Waals surface area (Å²) in [7, 11) is 0. The number of halogens is 1. The largest absolute Gasteiger partial charge is 0.461 e. The highest BCUT2D eigenvalue weighted by atomic mass is 19.1. The van der Waals surface area contributed by atoms with Crippen molar-refractivity contribution in [3.63, 3.8) is 0 Å². The van der Waals surface area contributed by atoms with Gasteiger partial charge in [0.2, 0.25) is 0 Å². The molecule has 1 aliphatic carbocycles. The van der Waals surface area contributed by atoms with Gasteiger partial charge in [-0.3, -0.25) is 9.59 Å². The van der Waals surface area contributed by atoms with Gasteiger partial charge in [-0.05, 0) is 18.1 Å². The number of ether oxygens (including phenoxy) is 1. The molecule has 0 spiro atoms. The third kappa shape index (κ3) is 1.98. The van der Waals surface area contributed by atoms with Gasteiger partial charge in [-0.15, -0.1) is 0 Å². The lowest BCUT2D eigenvalue weighted by molar-refractivity contribution is -0.145. The minimum Gasteiger partial charge on any atom is -0.461 e. The Kier molecular flexibility index (Phi) is 3.04. The topological polar surface area (TPSA) is 43.4 Å². The van der Waals surface area contributed by atoms with E-state index in [1.807, 2.05) is 0 Å². The Morgan fingerprint density at radius 1 is 1.59 bits per heavy atom. The highest BCUT2D eigenvalue weighted by Crippen LogP contribution is 2.29. The van der Waals surface area contributed by atoms with E-state index in [-0.39, 0.29) is 18.6 Å². The molecule has 0 heterocycles. The van der Waals surface area contributed by atoms with Crippen molar-refractivity contribution >= 4 is 11.8 Å². The van der Waals surface area contributed by atoms with Crippen molar-refractivity contribution in [2.45, 2.75) is 6.42 Å². The Bertz CT molecular complexity index is 493. The first kappa shape index (κ1) is 11.5. The molecule has 0 bridgehead atoms. The van der Waals surface area contributed by atoms with Crippen LogP contribution in [0.2, 0.25) is 0 Å². The summed E-state index contributed by atoms with van der Waals surface area (Å²) in [6.07, 6.45) is 1.63. The van der Waals surface area contributed by atoms with Crippen LogP contribution in [0.5, 0.6) is 0 Å². The van der Waals surface area contributed by atoms with Crippen molar-refractivity contribution in [1.29, 1.82) is 0 Å². The van der Waals surface area contributed by atoms with E-state index < -0.39 is 23.5 Å². The zero-order valence-corrected chi connectivity index (χ0v) is 9.11. The minimum absolute atomic E-state index is 0.0213. The van der Waals surface area contributed by atoms with E-state index in [2.05, 4.69) is 6.58 Å². The Hall–Kier alpha value is -1.97. The van der Waals surface area contributed by atoms with E-state index >= 15 is 0 Å². The van der Waals surface area contributed by atoms with Crippen LogP contribution >= 0.6 is 0 Å². The Morgan fingerprint density at radius 2 is 2.35 bits per heavy atom. The summed E-state index contributed by atoms with van der Waals surface area (Å²) in [5.74, 6) is -2.61. The standard InChI is InChI=1S/C13H11FO3/c1-2-6-17-13(16)9-7-8-4-3-5-10(14)11(8)12(9)15/h2-5,9H,1,6-7H2. The van der Waals surface area contributed by atoms with E-state index in [1.165, 1.54) is 18.2 Å². The zero-order valence-electron chi connectivity index (χ0n) is 9.11. The number of hydrogen-bond donors (Lipinski definition) is 0. The molecule has 2 rings (SSSR count). The van der Waals surface area contributed by atoms with Gasteiger partial charge >= 0.3 is 5.97 Å². The number of esters is 1. The quantitative estimate of drug-likeness (QED) is 0.456. The van der Waals surface area contributed by atoms with Crippen molar-refractivity contribution < 1.29 is 18.7 Å². The molecule has 0 fully saturated rings. The summed E-state index contributed by atoms with van der Waals surface area (Å²) in [6.45, 7) is 3.47. The van der Waals surface area contributed by atoms with Gasteiger partial charge in [-0.1, -0.05) is 24.8 Å². The molecule has 17 heavy (non-hydrogen) atoms. The van der Waals surface area contributed by atoms with Gasteiger partial charge < -0.3 is 4.74 Å². The Labute approximate surface area is 97.9 Å². The number of carbonyl (C=O) groups excluding carboxylic acids is 2. The number of rotatable bonds is 3. The van der Waals surface area contributed by atoms with Crippen molar-refractivity contribution in [1.82, 2.24) is 0 Å². The van der Waals surface area contributed by atoms with Crippen molar-refractivity contribution in [3.05, 3.63) is 47.8 Å². The van der Waals surface area contributed by atoms with Gasteiger partial charge in [0, 0.05) is 0 Å². The number of hydrogen-bond acceptors (Lipinski definition) is 3. The van der Waals surface area contributed by atoms with Gasteiger partial charge in [-0.25, -0.2) is 4.39 Å². The fraction of sp³-hybridized carbons (Fsp3) is 0.231. The number of ketones is 1. The second-order valence-electron chi connectivity index (χ2n) is 3.81. The Balaban J connectivity index is 2.23. The number of fused-ring (bicyclic) bond motifs is 1. The maximum Gasteiger partial charge on any atom is 0.317 e. The molecule has 1 unspecified atom stereocenters.